The monoisotopic (exact) mass is 345 g/mol. The zero-order valence-electron chi connectivity index (χ0n) is 15.5. The lowest BCUT2D eigenvalue weighted by Gasteiger charge is -2.16. The molecule has 1 aromatic carbocycles. The summed E-state index contributed by atoms with van der Waals surface area (Å²) in [5.41, 5.74) is 0.970. The van der Waals surface area contributed by atoms with Crippen molar-refractivity contribution in [3.05, 3.63) is 47.1 Å². The smallest absolute Gasteiger partial charge is 0.251 e. The van der Waals surface area contributed by atoms with Crippen molar-refractivity contribution in [3.8, 4) is 0 Å². The van der Waals surface area contributed by atoms with Crippen LogP contribution in [0.1, 0.15) is 80.6 Å². The maximum absolute atomic E-state index is 12.4. The Morgan fingerprint density at radius 2 is 1.88 bits per heavy atom. The van der Waals surface area contributed by atoms with Gasteiger partial charge in [-0.25, -0.2) is 0 Å². The number of hydrogen-bond donors (Lipinski definition) is 2. The van der Waals surface area contributed by atoms with Gasteiger partial charge >= 0.3 is 0 Å². The van der Waals surface area contributed by atoms with E-state index in [-0.39, 0.29) is 17.9 Å². The molecule has 0 bridgehead atoms. The summed E-state index contributed by atoms with van der Waals surface area (Å²) in [5, 5.41) is 16.6. The Labute approximate surface area is 148 Å². The van der Waals surface area contributed by atoms with Crippen LogP contribution in [0.25, 0.3) is 0 Å². The van der Waals surface area contributed by atoms with Crippen LogP contribution >= 0.6 is 0 Å². The Hall–Kier alpha value is -2.21. The first-order valence-electron chi connectivity index (χ1n) is 8.61. The second-order valence-electron chi connectivity index (χ2n) is 7.35. The number of aryl methyl sites for hydroxylation is 1. The van der Waals surface area contributed by atoms with Crippen LogP contribution in [-0.2, 0) is 6.42 Å². The second-order valence-corrected chi connectivity index (χ2v) is 7.35. The molecule has 1 atom stereocenters. The summed E-state index contributed by atoms with van der Waals surface area (Å²) in [6, 6.07) is 7.04. The Morgan fingerprint density at radius 1 is 1.24 bits per heavy atom. The predicted octanol–water partition coefficient (Wildman–Crippen LogP) is 3.39. The van der Waals surface area contributed by atoms with Crippen molar-refractivity contribution in [2.75, 3.05) is 0 Å². The van der Waals surface area contributed by atoms with E-state index in [4.69, 9.17) is 4.52 Å². The highest BCUT2D eigenvalue weighted by Crippen LogP contribution is 2.17. The molecule has 1 amide bonds. The molecule has 2 aromatic rings. The van der Waals surface area contributed by atoms with Gasteiger partial charge in [-0.2, -0.15) is 4.98 Å². The molecule has 6 nitrogen and oxygen atoms in total. The van der Waals surface area contributed by atoms with E-state index in [1.165, 1.54) is 0 Å². The van der Waals surface area contributed by atoms with Crippen LogP contribution < -0.4 is 5.32 Å². The van der Waals surface area contributed by atoms with Crippen molar-refractivity contribution in [1.29, 1.82) is 0 Å². The Morgan fingerprint density at radius 3 is 2.40 bits per heavy atom. The van der Waals surface area contributed by atoms with E-state index in [0.717, 1.165) is 12.0 Å². The van der Waals surface area contributed by atoms with Crippen LogP contribution in [0.3, 0.4) is 0 Å². The van der Waals surface area contributed by atoms with Gasteiger partial charge in [-0.1, -0.05) is 31.1 Å². The van der Waals surface area contributed by atoms with E-state index < -0.39 is 5.60 Å². The first-order chi connectivity index (χ1) is 11.7. The van der Waals surface area contributed by atoms with Crippen LogP contribution in [0.4, 0.5) is 0 Å². The molecule has 2 N–H and O–H groups in total. The fourth-order valence-electron chi connectivity index (χ4n) is 2.27. The van der Waals surface area contributed by atoms with E-state index in [0.29, 0.717) is 23.7 Å². The zero-order valence-corrected chi connectivity index (χ0v) is 15.5. The summed E-state index contributed by atoms with van der Waals surface area (Å²) >= 11 is 0. The van der Waals surface area contributed by atoms with Crippen molar-refractivity contribution in [2.45, 2.75) is 65.0 Å². The molecule has 0 aliphatic carbocycles. The van der Waals surface area contributed by atoms with Gasteiger partial charge < -0.3 is 14.9 Å². The van der Waals surface area contributed by atoms with Gasteiger partial charge in [0.2, 0.25) is 5.89 Å². The van der Waals surface area contributed by atoms with Gasteiger partial charge in [0.05, 0.1) is 5.60 Å². The number of nitrogens with one attached hydrogen (secondary N) is 1. The third-order valence-corrected chi connectivity index (χ3v) is 3.93. The van der Waals surface area contributed by atoms with E-state index >= 15 is 0 Å². The minimum Gasteiger partial charge on any atom is -0.390 e. The number of carbonyl (C=O) groups excluding carboxylic acids is 1. The standard InChI is InChI=1S/C19H27N3O3/c1-12(2)16-21-18(25-22-16)13(3)20-17(23)15-8-6-14(7-9-15)10-11-19(4,5)24/h6-9,12-13,24H,10-11H2,1-5H3,(H,20,23)/t13-/m0/s1. The Bertz CT molecular complexity index is 699. The number of aromatic nitrogens is 2. The molecule has 2 rings (SSSR count). The normalized spacial score (nSPS) is 13.1. The van der Waals surface area contributed by atoms with Gasteiger partial charge in [0.15, 0.2) is 5.82 Å². The van der Waals surface area contributed by atoms with E-state index in [1.54, 1.807) is 26.0 Å². The van der Waals surface area contributed by atoms with E-state index in [9.17, 15) is 9.90 Å². The largest absolute Gasteiger partial charge is 0.390 e. The summed E-state index contributed by atoms with van der Waals surface area (Å²) in [6.45, 7) is 9.36. The second kappa shape index (κ2) is 7.78. The lowest BCUT2D eigenvalue weighted by molar-refractivity contribution is 0.0713. The lowest BCUT2D eigenvalue weighted by Crippen LogP contribution is -2.26. The number of amides is 1. The summed E-state index contributed by atoms with van der Waals surface area (Å²) in [5.74, 6) is 1.02. The third kappa shape index (κ3) is 5.67. The fraction of sp³-hybridized carbons (Fsp3) is 0.526. The SMILES string of the molecule is CC(C)c1noc([C@H](C)NC(=O)c2ccc(CCC(C)(C)O)cc2)n1. The molecule has 1 heterocycles. The summed E-state index contributed by atoms with van der Waals surface area (Å²) in [7, 11) is 0. The van der Waals surface area contributed by atoms with Crippen molar-refractivity contribution in [3.63, 3.8) is 0 Å². The van der Waals surface area contributed by atoms with E-state index in [1.807, 2.05) is 32.9 Å². The quantitative estimate of drug-likeness (QED) is 0.803. The Kier molecular flexibility index (Phi) is 5.95. The van der Waals surface area contributed by atoms with Crippen LogP contribution in [0.15, 0.2) is 28.8 Å². The average molecular weight is 345 g/mol. The number of aliphatic hydroxyl groups is 1. The average Bonchev–Trinajstić information content (AvgIpc) is 3.03. The van der Waals surface area contributed by atoms with Crippen molar-refractivity contribution in [2.24, 2.45) is 0 Å². The van der Waals surface area contributed by atoms with Crippen LogP contribution in [0, 0.1) is 0 Å². The molecule has 25 heavy (non-hydrogen) atoms. The highest BCUT2D eigenvalue weighted by molar-refractivity contribution is 5.94. The first kappa shape index (κ1) is 19.1. The molecule has 0 aliphatic heterocycles. The highest BCUT2D eigenvalue weighted by atomic mass is 16.5. The fourth-order valence-corrected chi connectivity index (χ4v) is 2.27. The van der Waals surface area contributed by atoms with Gasteiger partial charge in [-0.05, 0) is 51.3 Å². The molecule has 1 aromatic heterocycles. The molecular formula is C19H27N3O3. The van der Waals surface area contributed by atoms with Crippen LogP contribution in [0.2, 0.25) is 0 Å². The number of benzene rings is 1. The van der Waals surface area contributed by atoms with Gasteiger partial charge in [-0.15, -0.1) is 0 Å². The van der Waals surface area contributed by atoms with Crippen molar-refractivity contribution >= 4 is 5.91 Å². The van der Waals surface area contributed by atoms with Gasteiger partial charge in [-0.3, -0.25) is 4.79 Å². The summed E-state index contributed by atoms with van der Waals surface area (Å²) in [4.78, 5) is 16.7. The maximum atomic E-state index is 12.4. The molecule has 0 spiro atoms. The van der Waals surface area contributed by atoms with Crippen LogP contribution in [0.5, 0.6) is 0 Å². The molecule has 0 radical (unpaired) electrons. The molecular weight excluding hydrogens is 318 g/mol. The molecule has 0 unspecified atom stereocenters. The van der Waals surface area contributed by atoms with Crippen LogP contribution in [-0.4, -0.2) is 26.8 Å². The molecule has 0 fully saturated rings. The molecule has 6 heteroatoms. The van der Waals surface area contributed by atoms with Crippen molar-refractivity contribution in [1.82, 2.24) is 15.5 Å². The topological polar surface area (TPSA) is 88.2 Å². The predicted molar refractivity (Wildman–Crippen MR) is 95.3 cm³/mol. The zero-order chi connectivity index (χ0) is 18.6. The molecule has 0 aliphatic rings. The summed E-state index contributed by atoms with van der Waals surface area (Å²) < 4.78 is 5.21. The highest BCUT2D eigenvalue weighted by Gasteiger charge is 2.18. The van der Waals surface area contributed by atoms with Gasteiger partial charge in [0.25, 0.3) is 5.91 Å². The Balaban J connectivity index is 1.95. The minimum atomic E-state index is -0.690. The lowest BCUT2D eigenvalue weighted by atomic mass is 9.98. The number of rotatable bonds is 7. The van der Waals surface area contributed by atoms with E-state index in [2.05, 4.69) is 15.5 Å². The third-order valence-electron chi connectivity index (χ3n) is 3.93. The number of hydrogen-bond acceptors (Lipinski definition) is 5. The molecule has 136 valence electrons. The maximum Gasteiger partial charge on any atom is 0.251 e. The van der Waals surface area contributed by atoms with Crippen molar-refractivity contribution < 1.29 is 14.4 Å². The molecule has 0 saturated heterocycles. The number of carbonyl (C=O) groups is 1. The van der Waals surface area contributed by atoms with Gasteiger partial charge in [0.1, 0.15) is 6.04 Å². The molecule has 0 saturated carbocycles. The summed E-state index contributed by atoms with van der Waals surface area (Å²) in [6.07, 6.45) is 1.44. The van der Waals surface area contributed by atoms with Gasteiger partial charge in [0, 0.05) is 11.5 Å². The first-order valence-corrected chi connectivity index (χ1v) is 8.61. The minimum absolute atomic E-state index is 0.178. The number of nitrogens with zero attached hydrogens (tertiary/aromatic N) is 2.